The third-order valence-electron chi connectivity index (χ3n) is 3.29. The van der Waals surface area contributed by atoms with Crippen LogP contribution in [0.5, 0.6) is 0 Å². The van der Waals surface area contributed by atoms with Crippen LogP contribution in [0.15, 0.2) is 42.5 Å². The lowest BCUT2D eigenvalue weighted by molar-refractivity contribution is 0.850. The first-order valence-corrected chi connectivity index (χ1v) is 5.98. The maximum absolute atomic E-state index is 6.39. The molecule has 88 valence electrons. The molecule has 17 heavy (non-hydrogen) atoms. The molecule has 0 saturated carbocycles. The van der Waals surface area contributed by atoms with E-state index in [0.29, 0.717) is 0 Å². The van der Waals surface area contributed by atoms with Crippen molar-refractivity contribution >= 4 is 0 Å². The number of nitrogens with two attached hydrogens (primary N) is 1. The maximum Gasteiger partial charge on any atom is 0.0556 e. The third-order valence-corrected chi connectivity index (χ3v) is 3.29. The molecule has 2 aromatic rings. The van der Waals surface area contributed by atoms with Crippen molar-refractivity contribution in [3.05, 3.63) is 70.3 Å². The number of benzene rings is 2. The van der Waals surface area contributed by atoms with Crippen LogP contribution in [0.4, 0.5) is 0 Å². The molecule has 0 heterocycles. The van der Waals surface area contributed by atoms with Crippen molar-refractivity contribution in [3.8, 4) is 0 Å². The molecule has 0 bridgehead atoms. The molecule has 2 rings (SSSR count). The van der Waals surface area contributed by atoms with Gasteiger partial charge in [-0.1, -0.05) is 48.0 Å². The van der Waals surface area contributed by atoms with Gasteiger partial charge in [0.15, 0.2) is 0 Å². The van der Waals surface area contributed by atoms with E-state index in [1.807, 2.05) is 6.07 Å². The number of aryl methyl sites for hydroxylation is 3. The molecule has 0 spiro atoms. The van der Waals surface area contributed by atoms with Crippen LogP contribution in [0.25, 0.3) is 0 Å². The molecular weight excluding hydrogens is 206 g/mol. The van der Waals surface area contributed by atoms with Gasteiger partial charge in [0.1, 0.15) is 0 Å². The molecule has 2 aromatic carbocycles. The lowest BCUT2D eigenvalue weighted by Crippen LogP contribution is -2.14. The molecule has 0 fully saturated rings. The second kappa shape index (κ2) is 4.72. The van der Waals surface area contributed by atoms with Crippen LogP contribution in [-0.4, -0.2) is 0 Å². The first kappa shape index (κ1) is 11.9. The monoisotopic (exact) mass is 225 g/mol. The Balaban J connectivity index is 2.47. The first-order chi connectivity index (χ1) is 8.09. The van der Waals surface area contributed by atoms with Gasteiger partial charge in [-0.3, -0.25) is 0 Å². The van der Waals surface area contributed by atoms with Crippen LogP contribution in [0.3, 0.4) is 0 Å². The minimum Gasteiger partial charge on any atom is -0.320 e. The predicted molar refractivity (Wildman–Crippen MR) is 73.1 cm³/mol. The summed E-state index contributed by atoms with van der Waals surface area (Å²) in [4.78, 5) is 0. The topological polar surface area (TPSA) is 26.0 Å². The molecular formula is C16H19N. The Morgan fingerprint density at radius 3 is 2.18 bits per heavy atom. The lowest BCUT2D eigenvalue weighted by atomic mass is 9.92. The van der Waals surface area contributed by atoms with Crippen molar-refractivity contribution in [1.82, 2.24) is 0 Å². The minimum atomic E-state index is -0.0314. The molecule has 0 aliphatic carbocycles. The van der Waals surface area contributed by atoms with Crippen LogP contribution in [0.2, 0.25) is 0 Å². The lowest BCUT2D eigenvalue weighted by Gasteiger charge is -2.18. The van der Waals surface area contributed by atoms with Gasteiger partial charge in [-0.2, -0.15) is 0 Å². The summed E-state index contributed by atoms with van der Waals surface area (Å²) in [6.07, 6.45) is 0. The molecule has 0 saturated heterocycles. The van der Waals surface area contributed by atoms with Gasteiger partial charge in [0.25, 0.3) is 0 Å². The van der Waals surface area contributed by atoms with E-state index in [0.717, 1.165) is 0 Å². The van der Waals surface area contributed by atoms with Crippen LogP contribution < -0.4 is 5.73 Å². The zero-order valence-corrected chi connectivity index (χ0v) is 10.7. The highest BCUT2D eigenvalue weighted by atomic mass is 14.6. The predicted octanol–water partition coefficient (Wildman–Crippen LogP) is 3.66. The van der Waals surface area contributed by atoms with E-state index < -0.39 is 0 Å². The summed E-state index contributed by atoms with van der Waals surface area (Å²) in [6.45, 7) is 6.33. The second-order valence-electron chi connectivity index (χ2n) is 4.69. The minimum absolute atomic E-state index is 0.0314. The molecule has 0 aliphatic rings. The van der Waals surface area contributed by atoms with E-state index in [9.17, 15) is 0 Å². The van der Waals surface area contributed by atoms with Crippen molar-refractivity contribution in [2.24, 2.45) is 5.73 Å². The van der Waals surface area contributed by atoms with Crippen molar-refractivity contribution in [3.63, 3.8) is 0 Å². The molecule has 0 aromatic heterocycles. The van der Waals surface area contributed by atoms with E-state index in [2.05, 4.69) is 57.2 Å². The zero-order chi connectivity index (χ0) is 12.4. The SMILES string of the molecule is Cc1ccc(C)c(C(N)c2ccccc2C)c1. The molecule has 0 radical (unpaired) electrons. The van der Waals surface area contributed by atoms with Gasteiger partial charge in [-0.15, -0.1) is 0 Å². The average molecular weight is 225 g/mol. The van der Waals surface area contributed by atoms with Gasteiger partial charge in [0, 0.05) is 0 Å². The average Bonchev–Trinajstić information content (AvgIpc) is 2.32. The van der Waals surface area contributed by atoms with Gasteiger partial charge in [0.05, 0.1) is 6.04 Å². The standard InChI is InChI=1S/C16H19N/c1-11-8-9-13(3)15(10-11)16(17)14-7-5-4-6-12(14)2/h4-10,16H,17H2,1-3H3. The summed E-state index contributed by atoms with van der Waals surface area (Å²) in [5, 5.41) is 0. The molecule has 0 aliphatic heterocycles. The highest BCUT2D eigenvalue weighted by Crippen LogP contribution is 2.25. The molecule has 2 N–H and O–H groups in total. The van der Waals surface area contributed by atoms with Gasteiger partial charge >= 0.3 is 0 Å². The Kier molecular flexibility index (Phi) is 3.30. The smallest absolute Gasteiger partial charge is 0.0556 e. The molecule has 1 unspecified atom stereocenters. The van der Waals surface area contributed by atoms with Gasteiger partial charge in [-0.05, 0) is 43.0 Å². The van der Waals surface area contributed by atoms with Crippen molar-refractivity contribution < 1.29 is 0 Å². The van der Waals surface area contributed by atoms with Gasteiger partial charge in [0.2, 0.25) is 0 Å². The Morgan fingerprint density at radius 2 is 1.47 bits per heavy atom. The summed E-state index contributed by atoms with van der Waals surface area (Å²) in [5.41, 5.74) is 12.6. The summed E-state index contributed by atoms with van der Waals surface area (Å²) < 4.78 is 0. The van der Waals surface area contributed by atoms with Crippen molar-refractivity contribution in [2.75, 3.05) is 0 Å². The van der Waals surface area contributed by atoms with E-state index in [1.165, 1.54) is 27.8 Å². The summed E-state index contributed by atoms with van der Waals surface area (Å²) in [7, 11) is 0. The van der Waals surface area contributed by atoms with Gasteiger partial charge in [-0.25, -0.2) is 0 Å². The Morgan fingerprint density at radius 1 is 0.824 bits per heavy atom. The fourth-order valence-electron chi connectivity index (χ4n) is 2.20. The normalized spacial score (nSPS) is 12.5. The zero-order valence-electron chi connectivity index (χ0n) is 10.7. The fraction of sp³-hybridized carbons (Fsp3) is 0.250. The molecule has 1 heteroatoms. The number of hydrogen-bond donors (Lipinski definition) is 1. The summed E-state index contributed by atoms with van der Waals surface area (Å²) in [5.74, 6) is 0. The second-order valence-corrected chi connectivity index (χ2v) is 4.69. The highest BCUT2D eigenvalue weighted by Gasteiger charge is 2.13. The Bertz CT molecular complexity index is 529. The molecule has 1 atom stereocenters. The summed E-state index contributed by atoms with van der Waals surface area (Å²) in [6, 6.07) is 14.7. The van der Waals surface area contributed by atoms with Crippen molar-refractivity contribution in [2.45, 2.75) is 26.8 Å². The van der Waals surface area contributed by atoms with Crippen LogP contribution in [0, 0.1) is 20.8 Å². The van der Waals surface area contributed by atoms with E-state index >= 15 is 0 Å². The van der Waals surface area contributed by atoms with Crippen molar-refractivity contribution in [1.29, 1.82) is 0 Å². The molecule has 1 nitrogen and oxygen atoms in total. The Labute approximate surface area is 103 Å². The van der Waals surface area contributed by atoms with Crippen LogP contribution in [0.1, 0.15) is 33.9 Å². The quantitative estimate of drug-likeness (QED) is 0.829. The van der Waals surface area contributed by atoms with Crippen LogP contribution >= 0.6 is 0 Å². The highest BCUT2D eigenvalue weighted by molar-refractivity contribution is 5.41. The number of rotatable bonds is 2. The van der Waals surface area contributed by atoms with E-state index in [4.69, 9.17) is 5.73 Å². The molecule has 0 amide bonds. The van der Waals surface area contributed by atoms with Crippen LogP contribution in [-0.2, 0) is 0 Å². The summed E-state index contributed by atoms with van der Waals surface area (Å²) >= 11 is 0. The fourth-order valence-corrected chi connectivity index (χ4v) is 2.20. The maximum atomic E-state index is 6.39. The Hall–Kier alpha value is -1.60. The first-order valence-electron chi connectivity index (χ1n) is 5.98. The van der Waals surface area contributed by atoms with E-state index in [1.54, 1.807) is 0 Å². The largest absolute Gasteiger partial charge is 0.320 e. The van der Waals surface area contributed by atoms with Gasteiger partial charge < -0.3 is 5.73 Å². The third kappa shape index (κ3) is 2.40. The van der Waals surface area contributed by atoms with E-state index in [-0.39, 0.29) is 6.04 Å². The number of hydrogen-bond acceptors (Lipinski definition) is 1.